The summed E-state index contributed by atoms with van der Waals surface area (Å²) in [6.07, 6.45) is 3.55. The van der Waals surface area contributed by atoms with Gasteiger partial charge in [0.25, 0.3) is 10.2 Å². The van der Waals surface area contributed by atoms with Crippen molar-refractivity contribution in [2.24, 2.45) is 11.8 Å². The van der Waals surface area contributed by atoms with Crippen LogP contribution in [0.5, 0.6) is 0 Å². The van der Waals surface area contributed by atoms with Crippen LogP contribution in [0.25, 0.3) is 0 Å². The van der Waals surface area contributed by atoms with Crippen LogP contribution >= 0.6 is 0 Å². The molecule has 122 valence electrons. The lowest BCUT2D eigenvalue weighted by atomic mass is 9.93. The Morgan fingerprint density at radius 2 is 1.71 bits per heavy atom. The van der Waals surface area contributed by atoms with E-state index in [-0.39, 0.29) is 11.8 Å². The van der Waals surface area contributed by atoms with Crippen molar-refractivity contribution in [2.45, 2.75) is 32.6 Å². The zero-order valence-electron chi connectivity index (χ0n) is 13.3. The maximum Gasteiger partial charge on any atom is 0.281 e. The number of carbonyl (C=O) groups is 1. The fourth-order valence-electron chi connectivity index (χ4n) is 3.21. The molecule has 0 bridgehead atoms. The third-order valence-corrected chi connectivity index (χ3v) is 6.50. The molecule has 1 amide bonds. The summed E-state index contributed by atoms with van der Waals surface area (Å²) < 4.78 is 26.8. The van der Waals surface area contributed by atoms with E-state index in [0.717, 1.165) is 19.5 Å². The van der Waals surface area contributed by atoms with Gasteiger partial charge in [-0.15, -0.1) is 0 Å². The molecule has 0 aromatic carbocycles. The zero-order chi connectivity index (χ0) is 15.6. The minimum atomic E-state index is -3.34. The van der Waals surface area contributed by atoms with Gasteiger partial charge in [0.2, 0.25) is 5.91 Å². The fourth-order valence-corrected chi connectivity index (χ4v) is 4.35. The van der Waals surface area contributed by atoms with E-state index in [0.29, 0.717) is 31.8 Å². The van der Waals surface area contributed by atoms with Crippen molar-refractivity contribution in [3.05, 3.63) is 0 Å². The molecule has 2 rings (SSSR count). The van der Waals surface area contributed by atoms with Crippen LogP contribution < -0.4 is 0 Å². The summed E-state index contributed by atoms with van der Waals surface area (Å²) in [6.45, 7) is 4.79. The Morgan fingerprint density at radius 1 is 1.10 bits per heavy atom. The van der Waals surface area contributed by atoms with Gasteiger partial charge in [0.1, 0.15) is 0 Å². The highest BCUT2D eigenvalue weighted by molar-refractivity contribution is 7.86. The van der Waals surface area contributed by atoms with Gasteiger partial charge < -0.3 is 4.90 Å². The number of hydrogen-bond acceptors (Lipinski definition) is 3. The molecule has 0 unspecified atom stereocenters. The first kappa shape index (κ1) is 16.7. The topological polar surface area (TPSA) is 60.9 Å². The van der Waals surface area contributed by atoms with Crippen molar-refractivity contribution in [3.63, 3.8) is 0 Å². The Hall–Kier alpha value is -0.660. The smallest absolute Gasteiger partial charge is 0.281 e. The van der Waals surface area contributed by atoms with Gasteiger partial charge in [-0.05, 0) is 31.6 Å². The molecule has 21 heavy (non-hydrogen) atoms. The Kier molecular flexibility index (Phi) is 5.27. The summed E-state index contributed by atoms with van der Waals surface area (Å²) in [5.41, 5.74) is 0. The summed E-state index contributed by atoms with van der Waals surface area (Å²) in [5.74, 6) is 0.796. The summed E-state index contributed by atoms with van der Waals surface area (Å²) in [5, 5.41) is 0. The normalized spacial score (nSPS) is 26.3. The monoisotopic (exact) mass is 317 g/mol. The first-order valence-electron chi connectivity index (χ1n) is 7.78. The maximum absolute atomic E-state index is 12.5. The Balaban J connectivity index is 1.90. The van der Waals surface area contributed by atoms with Crippen LogP contribution in [0.4, 0.5) is 0 Å². The summed E-state index contributed by atoms with van der Waals surface area (Å²) in [7, 11) is -0.254. The largest absolute Gasteiger partial charge is 0.342 e. The second kappa shape index (κ2) is 6.62. The van der Waals surface area contributed by atoms with Gasteiger partial charge in [-0.25, -0.2) is 0 Å². The molecule has 7 heteroatoms. The first-order valence-corrected chi connectivity index (χ1v) is 9.18. The number of piperidine rings is 2. The quantitative estimate of drug-likeness (QED) is 0.772. The molecule has 0 saturated carbocycles. The van der Waals surface area contributed by atoms with Crippen LogP contribution in [0.15, 0.2) is 0 Å². The molecule has 2 saturated heterocycles. The van der Waals surface area contributed by atoms with E-state index in [2.05, 4.69) is 6.92 Å². The summed E-state index contributed by atoms with van der Waals surface area (Å²) >= 11 is 0. The summed E-state index contributed by atoms with van der Waals surface area (Å²) in [4.78, 5) is 14.5. The van der Waals surface area contributed by atoms with Crippen molar-refractivity contribution >= 4 is 16.1 Å². The highest BCUT2D eigenvalue weighted by Crippen LogP contribution is 2.25. The van der Waals surface area contributed by atoms with Gasteiger partial charge in [-0.2, -0.15) is 17.0 Å². The van der Waals surface area contributed by atoms with Gasteiger partial charge in [0.05, 0.1) is 0 Å². The van der Waals surface area contributed by atoms with Crippen LogP contribution in [0.1, 0.15) is 32.6 Å². The minimum absolute atomic E-state index is 0.0103. The molecule has 2 aliphatic rings. The highest BCUT2D eigenvalue weighted by atomic mass is 32.2. The van der Waals surface area contributed by atoms with E-state index in [1.54, 1.807) is 14.1 Å². The van der Waals surface area contributed by atoms with Crippen LogP contribution in [-0.2, 0) is 15.0 Å². The molecule has 1 atom stereocenters. The van der Waals surface area contributed by atoms with Crippen molar-refractivity contribution in [3.8, 4) is 0 Å². The van der Waals surface area contributed by atoms with E-state index in [1.165, 1.54) is 15.0 Å². The number of carbonyl (C=O) groups excluding carboxylic acids is 1. The van der Waals surface area contributed by atoms with Crippen molar-refractivity contribution in [1.29, 1.82) is 0 Å². The van der Waals surface area contributed by atoms with Gasteiger partial charge in [0, 0.05) is 46.2 Å². The number of hydrogen-bond donors (Lipinski definition) is 0. The van der Waals surface area contributed by atoms with Crippen LogP contribution in [0.2, 0.25) is 0 Å². The Bertz CT molecular complexity index is 470. The molecular weight excluding hydrogens is 290 g/mol. The van der Waals surface area contributed by atoms with Crippen molar-refractivity contribution in [1.82, 2.24) is 13.5 Å². The molecule has 2 aliphatic heterocycles. The van der Waals surface area contributed by atoms with Crippen molar-refractivity contribution in [2.75, 3.05) is 40.3 Å². The van der Waals surface area contributed by atoms with E-state index in [4.69, 9.17) is 0 Å². The fraction of sp³-hybridized carbons (Fsp3) is 0.929. The van der Waals surface area contributed by atoms with Gasteiger partial charge in [0.15, 0.2) is 0 Å². The molecule has 2 heterocycles. The van der Waals surface area contributed by atoms with Gasteiger partial charge >= 0.3 is 0 Å². The zero-order valence-corrected chi connectivity index (χ0v) is 14.1. The number of likely N-dealkylation sites (tertiary alicyclic amines) is 1. The molecular formula is C14H27N3O3S. The van der Waals surface area contributed by atoms with E-state index in [9.17, 15) is 13.2 Å². The molecule has 6 nitrogen and oxygen atoms in total. The van der Waals surface area contributed by atoms with Crippen molar-refractivity contribution < 1.29 is 13.2 Å². The Labute approximate surface area is 128 Å². The second-order valence-corrected chi connectivity index (χ2v) is 8.64. The van der Waals surface area contributed by atoms with E-state index in [1.807, 2.05) is 4.90 Å². The average molecular weight is 317 g/mol. The SMILES string of the molecule is C[C@H]1CCCN(C(=O)C2CCN(S(=O)(=O)N(C)C)CC2)C1. The third-order valence-electron chi connectivity index (χ3n) is 4.56. The van der Waals surface area contributed by atoms with E-state index >= 15 is 0 Å². The average Bonchev–Trinajstić information content (AvgIpc) is 2.46. The lowest BCUT2D eigenvalue weighted by Crippen LogP contribution is -2.48. The lowest BCUT2D eigenvalue weighted by molar-refractivity contribution is -0.138. The second-order valence-electron chi connectivity index (χ2n) is 6.50. The maximum atomic E-state index is 12.5. The molecule has 0 aromatic rings. The number of nitrogens with zero attached hydrogens (tertiary/aromatic N) is 3. The number of rotatable bonds is 3. The van der Waals surface area contributed by atoms with Crippen LogP contribution in [0.3, 0.4) is 0 Å². The predicted octanol–water partition coefficient (Wildman–Crippen LogP) is 0.763. The Morgan fingerprint density at radius 3 is 2.24 bits per heavy atom. The molecule has 0 spiro atoms. The third kappa shape index (κ3) is 3.76. The number of amides is 1. The molecule has 0 radical (unpaired) electrons. The molecule has 2 fully saturated rings. The minimum Gasteiger partial charge on any atom is -0.342 e. The molecule has 0 N–H and O–H groups in total. The van der Waals surface area contributed by atoms with Crippen LogP contribution in [-0.4, -0.2) is 68.1 Å². The first-order chi connectivity index (χ1) is 9.82. The van der Waals surface area contributed by atoms with Gasteiger partial charge in [-0.3, -0.25) is 4.79 Å². The molecule has 0 aliphatic carbocycles. The predicted molar refractivity (Wildman–Crippen MR) is 81.9 cm³/mol. The van der Waals surface area contributed by atoms with Gasteiger partial charge in [-0.1, -0.05) is 6.92 Å². The summed E-state index contributed by atoms with van der Waals surface area (Å²) in [6, 6.07) is 0. The standard InChI is InChI=1S/C14H27N3O3S/c1-12-5-4-8-16(11-12)14(18)13-6-9-17(10-7-13)21(19,20)15(2)3/h12-13H,4-11H2,1-3H3/t12-/m0/s1. The molecule has 0 aromatic heterocycles. The highest BCUT2D eigenvalue weighted by Gasteiger charge is 2.34. The lowest BCUT2D eigenvalue weighted by Gasteiger charge is -2.37. The van der Waals surface area contributed by atoms with E-state index < -0.39 is 10.2 Å². The van der Waals surface area contributed by atoms with Crippen LogP contribution in [0, 0.1) is 11.8 Å².